The van der Waals surface area contributed by atoms with E-state index in [1.807, 2.05) is 12.1 Å². The van der Waals surface area contributed by atoms with Gasteiger partial charge in [-0.1, -0.05) is 11.6 Å². The van der Waals surface area contributed by atoms with Gasteiger partial charge in [0, 0.05) is 48.6 Å². The van der Waals surface area contributed by atoms with E-state index in [-0.39, 0.29) is 40.6 Å². The van der Waals surface area contributed by atoms with Gasteiger partial charge in [-0.2, -0.15) is 0 Å². The summed E-state index contributed by atoms with van der Waals surface area (Å²) in [5.74, 6) is -1.65. The molecule has 12 heteroatoms. The summed E-state index contributed by atoms with van der Waals surface area (Å²) in [5, 5.41) is 0.980. The largest absolute Gasteiger partial charge is 0.312 e. The van der Waals surface area contributed by atoms with E-state index < -0.39 is 21.8 Å². The van der Waals surface area contributed by atoms with Crippen molar-refractivity contribution in [1.82, 2.24) is 9.71 Å². The van der Waals surface area contributed by atoms with Crippen LogP contribution in [0.25, 0.3) is 10.2 Å². The number of nitrogens with zero attached hydrogens (tertiary/aromatic N) is 3. The molecule has 2 aliphatic rings. The molecular formula is C24H23ClN4O5S2. The third-order valence-corrected chi connectivity index (χ3v) is 8.94. The van der Waals surface area contributed by atoms with Crippen LogP contribution in [0.3, 0.4) is 0 Å². The first kappa shape index (κ1) is 24.7. The third-order valence-electron chi connectivity index (χ3n) is 6.28. The van der Waals surface area contributed by atoms with Crippen molar-refractivity contribution in [2.75, 3.05) is 28.6 Å². The average Bonchev–Trinajstić information content (AvgIpc) is 3.41. The molecule has 2 fully saturated rings. The minimum atomic E-state index is -3.98. The van der Waals surface area contributed by atoms with Crippen LogP contribution in [0, 0.1) is 5.92 Å². The standard InChI is InChI=1S/C24H23ClN4O5S2/c25-20-9-4-16-12-19(35-24(16)26-20)23(32)27-36(33,34)14-15-11-22(31)29(13-15)18-7-5-17(6-8-18)28-10-2-1-3-21(28)30/h4-9,12,15H,1-3,10-11,13-14H2,(H,27,32). The number of halogens is 1. The Balaban J connectivity index is 1.22. The Morgan fingerprint density at radius 1 is 1.06 bits per heavy atom. The Labute approximate surface area is 217 Å². The van der Waals surface area contributed by atoms with Crippen LogP contribution < -0.4 is 14.5 Å². The van der Waals surface area contributed by atoms with Gasteiger partial charge in [0.15, 0.2) is 0 Å². The summed E-state index contributed by atoms with van der Waals surface area (Å²) in [6.45, 7) is 0.902. The Bertz CT molecular complexity index is 1450. The van der Waals surface area contributed by atoms with E-state index in [9.17, 15) is 22.8 Å². The van der Waals surface area contributed by atoms with Crippen molar-refractivity contribution < 1.29 is 22.8 Å². The predicted molar refractivity (Wildman–Crippen MR) is 139 cm³/mol. The van der Waals surface area contributed by atoms with Crippen molar-refractivity contribution in [3.63, 3.8) is 0 Å². The molecule has 0 saturated carbocycles. The lowest BCUT2D eigenvalue weighted by molar-refractivity contribution is -0.119. The van der Waals surface area contributed by atoms with Crippen molar-refractivity contribution in [2.45, 2.75) is 25.7 Å². The number of carbonyl (C=O) groups excluding carboxylic acids is 3. The number of aromatic nitrogens is 1. The molecular weight excluding hydrogens is 524 g/mol. The van der Waals surface area contributed by atoms with Gasteiger partial charge in [-0.15, -0.1) is 11.3 Å². The number of sulfonamides is 1. The first-order valence-corrected chi connectivity index (χ1v) is 14.3. The highest BCUT2D eigenvalue weighted by Crippen LogP contribution is 2.30. The second-order valence-electron chi connectivity index (χ2n) is 8.94. The molecule has 2 saturated heterocycles. The summed E-state index contributed by atoms with van der Waals surface area (Å²) in [7, 11) is -3.98. The number of benzene rings is 1. The number of pyridine rings is 1. The molecule has 1 aromatic carbocycles. The molecule has 4 heterocycles. The van der Waals surface area contributed by atoms with Crippen LogP contribution in [0.4, 0.5) is 11.4 Å². The minimum absolute atomic E-state index is 0.0623. The van der Waals surface area contributed by atoms with E-state index in [0.29, 0.717) is 28.9 Å². The molecule has 0 spiro atoms. The van der Waals surface area contributed by atoms with Crippen molar-refractivity contribution >= 4 is 72.3 Å². The summed E-state index contributed by atoms with van der Waals surface area (Å²) in [4.78, 5) is 45.6. The maximum absolute atomic E-state index is 12.7. The summed E-state index contributed by atoms with van der Waals surface area (Å²) in [5.41, 5.74) is 1.43. The van der Waals surface area contributed by atoms with E-state index in [1.165, 1.54) is 0 Å². The maximum atomic E-state index is 12.7. The molecule has 36 heavy (non-hydrogen) atoms. The number of hydrogen-bond donors (Lipinski definition) is 1. The Morgan fingerprint density at radius 3 is 2.50 bits per heavy atom. The zero-order chi connectivity index (χ0) is 25.4. The summed E-state index contributed by atoms with van der Waals surface area (Å²) in [6.07, 6.45) is 2.45. The molecule has 2 aliphatic heterocycles. The fourth-order valence-electron chi connectivity index (χ4n) is 4.58. The van der Waals surface area contributed by atoms with E-state index in [1.54, 1.807) is 40.1 Å². The highest BCUT2D eigenvalue weighted by atomic mass is 35.5. The van der Waals surface area contributed by atoms with Gasteiger partial charge in [0.25, 0.3) is 5.91 Å². The lowest BCUT2D eigenvalue weighted by atomic mass is 10.1. The highest BCUT2D eigenvalue weighted by Gasteiger charge is 2.34. The van der Waals surface area contributed by atoms with Crippen LogP contribution in [0.15, 0.2) is 42.5 Å². The molecule has 1 N–H and O–H groups in total. The van der Waals surface area contributed by atoms with Gasteiger partial charge in [-0.25, -0.2) is 18.1 Å². The van der Waals surface area contributed by atoms with Crippen LogP contribution in [0.2, 0.25) is 5.15 Å². The van der Waals surface area contributed by atoms with E-state index in [4.69, 9.17) is 11.6 Å². The van der Waals surface area contributed by atoms with Crippen LogP contribution in [-0.2, 0) is 19.6 Å². The molecule has 3 aromatic rings. The van der Waals surface area contributed by atoms with Crippen molar-refractivity contribution in [3.05, 3.63) is 52.5 Å². The minimum Gasteiger partial charge on any atom is -0.312 e. The van der Waals surface area contributed by atoms with Crippen LogP contribution in [-0.4, -0.2) is 50.0 Å². The van der Waals surface area contributed by atoms with Crippen LogP contribution in [0.5, 0.6) is 0 Å². The zero-order valence-corrected chi connectivity index (χ0v) is 21.5. The molecule has 0 aliphatic carbocycles. The lowest BCUT2D eigenvalue weighted by Crippen LogP contribution is -2.35. The Kier molecular flexibility index (Phi) is 6.71. The molecule has 188 valence electrons. The first-order valence-electron chi connectivity index (χ1n) is 11.5. The zero-order valence-electron chi connectivity index (χ0n) is 19.1. The number of thiophene rings is 1. The third kappa shape index (κ3) is 5.23. The molecule has 0 bridgehead atoms. The summed E-state index contributed by atoms with van der Waals surface area (Å²) >= 11 is 6.93. The number of amides is 3. The summed E-state index contributed by atoms with van der Waals surface area (Å²) in [6, 6.07) is 12.0. The number of hydrogen-bond acceptors (Lipinski definition) is 7. The molecule has 0 radical (unpaired) electrons. The van der Waals surface area contributed by atoms with Gasteiger partial charge in [-0.05, 0) is 55.3 Å². The van der Waals surface area contributed by atoms with Crippen LogP contribution >= 0.6 is 22.9 Å². The van der Waals surface area contributed by atoms with Gasteiger partial charge in [0.05, 0.1) is 10.6 Å². The van der Waals surface area contributed by atoms with Gasteiger partial charge >= 0.3 is 0 Å². The lowest BCUT2D eigenvalue weighted by Gasteiger charge is -2.27. The first-order chi connectivity index (χ1) is 17.2. The molecule has 9 nitrogen and oxygen atoms in total. The topological polar surface area (TPSA) is 117 Å². The number of carbonyl (C=O) groups is 3. The van der Waals surface area contributed by atoms with Crippen molar-refractivity contribution in [2.24, 2.45) is 5.92 Å². The van der Waals surface area contributed by atoms with Crippen molar-refractivity contribution in [3.8, 4) is 0 Å². The van der Waals surface area contributed by atoms with E-state index in [0.717, 1.165) is 29.9 Å². The quantitative estimate of drug-likeness (QED) is 0.472. The maximum Gasteiger partial charge on any atom is 0.274 e. The number of rotatable bonds is 6. The average molecular weight is 547 g/mol. The molecule has 5 rings (SSSR count). The monoisotopic (exact) mass is 546 g/mol. The summed E-state index contributed by atoms with van der Waals surface area (Å²) < 4.78 is 27.5. The SMILES string of the molecule is O=C(NS(=O)(=O)CC1CC(=O)N(c2ccc(N3CCCCC3=O)cc2)C1)c1cc2ccc(Cl)nc2s1. The molecule has 2 aromatic heterocycles. The molecule has 1 atom stereocenters. The van der Waals surface area contributed by atoms with Gasteiger partial charge in [-0.3, -0.25) is 14.4 Å². The number of anilines is 2. The predicted octanol–water partition coefficient (Wildman–Crippen LogP) is 3.58. The fourth-order valence-corrected chi connectivity index (χ4v) is 7.09. The second kappa shape index (κ2) is 9.79. The Morgan fingerprint density at radius 2 is 1.78 bits per heavy atom. The van der Waals surface area contributed by atoms with E-state index in [2.05, 4.69) is 9.71 Å². The van der Waals surface area contributed by atoms with Crippen molar-refractivity contribution in [1.29, 1.82) is 0 Å². The van der Waals surface area contributed by atoms with Gasteiger partial charge < -0.3 is 9.80 Å². The Hall–Kier alpha value is -3.02. The fraction of sp³-hybridized carbons (Fsp3) is 0.333. The molecule has 3 amide bonds. The van der Waals surface area contributed by atoms with E-state index >= 15 is 0 Å². The van der Waals surface area contributed by atoms with Gasteiger partial charge in [0.1, 0.15) is 9.98 Å². The number of piperidine rings is 1. The normalized spacial score (nSPS) is 18.8. The highest BCUT2D eigenvalue weighted by molar-refractivity contribution is 7.90. The number of fused-ring (bicyclic) bond motifs is 1. The second-order valence-corrected chi connectivity index (χ2v) is 12.1. The number of nitrogens with one attached hydrogen (secondary N) is 1. The van der Waals surface area contributed by atoms with Gasteiger partial charge in [0.2, 0.25) is 21.8 Å². The molecule has 1 unspecified atom stereocenters. The van der Waals surface area contributed by atoms with Crippen LogP contribution in [0.1, 0.15) is 35.4 Å². The smallest absolute Gasteiger partial charge is 0.274 e.